The SMILES string of the molecule is Cn1cc(C(N)CN2CCCCCCC2)cn1. The second kappa shape index (κ2) is 6.17. The fourth-order valence-corrected chi connectivity index (χ4v) is 2.51. The van der Waals surface area contributed by atoms with Gasteiger partial charge in [-0.15, -0.1) is 0 Å². The zero-order chi connectivity index (χ0) is 12.1. The molecule has 1 aromatic rings. The molecule has 1 aliphatic heterocycles. The third kappa shape index (κ3) is 3.82. The van der Waals surface area contributed by atoms with Crippen LogP contribution in [-0.2, 0) is 7.05 Å². The largest absolute Gasteiger partial charge is 0.323 e. The lowest BCUT2D eigenvalue weighted by Crippen LogP contribution is -2.34. The van der Waals surface area contributed by atoms with Gasteiger partial charge in [0.05, 0.1) is 6.20 Å². The molecule has 1 atom stereocenters. The minimum atomic E-state index is 0.100. The molecule has 0 bridgehead atoms. The van der Waals surface area contributed by atoms with Crippen LogP contribution in [0, 0.1) is 0 Å². The maximum Gasteiger partial charge on any atom is 0.0537 e. The van der Waals surface area contributed by atoms with Gasteiger partial charge in [-0.2, -0.15) is 5.10 Å². The minimum Gasteiger partial charge on any atom is -0.323 e. The van der Waals surface area contributed by atoms with E-state index in [1.165, 1.54) is 45.2 Å². The van der Waals surface area contributed by atoms with E-state index in [2.05, 4.69) is 10.00 Å². The molecule has 0 aromatic carbocycles. The molecule has 1 aromatic heterocycles. The highest BCUT2D eigenvalue weighted by Gasteiger charge is 2.14. The first-order chi connectivity index (χ1) is 8.25. The van der Waals surface area contributed by atoms with Gasteiger partial charge in [-0.1, -0.05) is 19.3 Å². The van der Waals surface area contributed by atoms with Crippen molar-refractivity contribution in [2.75, 3.05) is 19.6 Å². The molecule has 96 valence electrons. The molecule has 2 rings (SSSR count). The predicted molar refractivity (Wildman–Crippen MR) is 69.7 cm³/mol. The van der Waals surface area contributed by atoms with Crippen LogP contribution in [0.15, 0.2) is 12.4 Å². The molecule has 1 saturated heterocycles. The van der Waals surface area contributed by atoms with Crippen molar-refractivity contribution >= 4 is 0 Å². The highest BCUT2D eigenvalue weighted by molar-refractivity contribution is 5.09. The third-order valence-corrected chi connectivity index (χ3v) is 3.56. The molecule has 1 aliphatic rings. The van der Waals surface area contributed by atoms with Gasteiger partial charge < -0.3 is 10.6 Å². The number of hydrogen-bond donors (Lipinski definition) is 1. The van der Waals surface area contributed by atoms with E-state index in [0.717, 1.165) is 12.1 Å². The van der Waals surface area contributed by atoms with Gasteiger partial charge in [0.25, 0.3) is 0 Å². The van der Waals surface area contributed by atoms with Crippen molar-refractivity contribution in [1.29, 1.82) is 0 Å². The second-order valence-electron chi connectivity index (χ2n) is 5.12. The molecule has 0 aliphatic carbocycles. The zero-order valence-electron chi connectivity index (χ0n) is 10.8. The number of aromatic nitrogens is 2. The lowest BCUT2D eigenvalue weighted by Gasteiger charge is -2.26. The predicted octanol–water partition coefficient (Wildman–Crippen LogP) is 1.69. The Bertz CT molecular complexity index is 326. The lowest BCUT2D eigenvalue weighted by atomic mass is 10.1. The molecule has 1 unspecified atom stereocenters. The Morgan fingerprint density at radius 1 is 1.24 bits per heavy atom. The highest BCUT2D eigenvalue weighted by atomic mass is 15.2. The van der Waals surface area contributed by atoms with Gasteiger partial charge in [0, 0.05) is 31.4 Å². The number of rotatable bonds is 3. The zero-order valence-corrected chi connectivity index (χ0v) is 10.8. The average molecular weight is 236 g/mol. The first kappa shape index (κ1) is 12.6. The molecule has 4 heteroatoms. The maximum atomic E-state index is 6.23. The number of aryl methyl sites for hydroxylation is 1. The van der Waals surface area contributed by atoms with Gasteiger partial charge in [0.15, 0.2) is 0 Å². The number of likely N-dealkylation sites (tertiary alicyclic amines) is 1. The van der Waals surface area contributed by atoms with Crippen molar-refractivity contribution in [3.05, 3.63) is 18.0 Å². The molecular formula is C13H24N4. The fraction of sp³-hybridized carbons (Fsp3) is 0.769. The van der Waals surface area contributed by atoms with Gasteiger partial charge in [-0.05, 0) is 25.9 Å². The van der Waals surface area contributed by atoms with E-state index in [1.54, 1.807) is 0 Å². The average Bonchev–Trinajstić information content (AvgIpc) is 2.68. The normalized spacial score (nSPS) is 20.8. The highest BCUT2D eigenvalue weighted by Crippen LogP contribution is 2.15. The van der Waals surface area contributed by atoms with E-state index in [-0.39, 0.29) is 6.04 Å². The summed E-state index contributed by atoms with van der Waals surface area (Å²) >= 11 is 0. The lowest BCUT2D eigenvalue weighted by molar-refractivity contribution is 0.234. The summed E-state index contributed by atoms with van der Waals surface area (Å²) in [5.74, 6) is 0. The topological polar surface area (TPSA) is 47.1 Å². The third-order valence-electron chi connectivity index (χ3n) is 3.56. The molecule has 2 heterocycles. The van der Waals surface area contributed by atoms with E-state index in [1.807, 2.05) is 24.1 Å². The van der Waals surface area contributed by atoms with Gasteiger partial charge in [-0.3, -0.25) is 4.68 Å². The van der Waals surface area contributed by atoms with Crippen LogP contribution in [0.1, 0.15) is 43.7 Å². The summed E-state index contributed by atoms with van der Waals surface area (Å²) in [4.78, 5) is 2.51. The van der Waals surface area contributed by atoms with E-state index >= 15 is 0 Å². The van der Waals surface area contributed by atoms with E-state index in [9.17, 15) is 0 Å². The maximum absolute atomic E-state index is 6.23. The fourth-order valence-electron chi connectivity index (χ4n) is 2.51. The standard InChI is InChI=1S/C13H24N4/c1-16-10-12(9-15-16)13(14)11-17-7-5-3-2-4-6-8-17/h9-10,13H,2-8,11,14H2,1H3. The first-order valence-electron chi connectivity index (χ1n) is 6.72. The molecular weight excluding hydrogens is 212 g/mol. The summed E-state index contributed by atoms with van der Waals surface area (Å²) in [7, 11) is 1.94. The molecule has 0 saturated carbocycles. The quantitative estimate of drug-likeness (QED) is 0.868. The Morgan fingerprint density at radius 2 is 1.88 bits per heavy atom. The summed E-state index contributed by atoms with van der Waals surface area (Å²) in [5, 5.41) is 4.18. The number of nitrogens with zero attached hydrogens (tertiary/aromatic N) is 3. The first-order valence-corrected chi connectivity index (χ1v) is 6.72. The molecule has 0 spiro atoms. The van der Waals surface area contributed by atoms with Crippen molar-refractivity contribution in [2.24, 2.45) is 12.8 Å². The smallest absolute Gasteiger partial charge is 0.0537 e. The van der Waals surface area contributed by atoms with Gasteiger partial charge in [-0.25, -0.2) is 0 Å². The molecule has 17 heavy (non-hydrogen) atoms. The van der Waals surface area contributed by atoms with Gasteiger partial charge in [0.2, 0.25) is 0 Å². The summed E-state index contributed by atoms with van der Waals surface area (Å²) in [6, 6.07) is 0.100. The van der Waals surface area contributed by atoms with Crippen LogP contribution in [0.25, 0.3) is 0 Å². The molecule has 0 amide bonds. The summed E-state index contributed by atoms with van der Waals surface area (Å²) in [6.07, 6.45) is 10.7. The van der Waals surface area contributed by atoms with Crippen molar-refractivity contribution in [2.45, 2.75) is 38.1 Å². The monoisotopic (exact) mass is 236 g/mol. The second-order valence-corrected chi connectivity index (χ2v) is 5.12. The van der Waals surface area contributed by atoms with Crippen molar-refractivity contribution < 1.29 is 0 Å². The van der Waals surface area contributed by atoms with Crippen LogP contribution in [-0.4, -0.2) is 34.3 Å². The van der Waals surface area contributed by atoms with Crippen LogP contribution in [0.3, 0.4) is 0 Å². The van der Waals surface area contributed by atoms with Crippen molar-refractivity contribution in [3.8, 4) is 0 Å². The molecule has 1 fully saturated rings. The Labute approximate surface area is 104 Å². The van der Waals surface area contributed by atoms with Crippen molar-refractivity contribution in [1.82, 2.24) is 14.7 Å². The Hall–Kier alpha value is -0.870. The summed E-state index contributed by atoms with van der Waals surface area (Å²) in [6.45, 7) is 3.37. The van der Waals surface area contributed by atoms with E-state index < -0.39 is 0 Å². The minimum absolute atomic E-state index is 0.100. The number of hydrogen-bond acceptors (Lipinski definition) is 3. The molecule has 2 N–H and O–H groups in total. The molecule has 0 radical (unpaired) electrons. The van der Waals surface area contributed by atoms with Crippen LogP contribution in [0.2, 0.25) is 0 Å². The molecule has 4 nitrogen and oxygen atoms in total. The van der Waals surface area contributed by atoms with Crippen molar-refractivity contribution in [3.63, 3.8) is 0 Å². The Kier molecular flexibility index (Phi) is 4.57. The Morgan fingerprint density at radius 3 is 2.47 bits per heavy atom. The van der Waals surface area contributed by atoms with Crippen LogP contribution >= 0.6 is 0 Å². The van der Waals surface area contributed by atoms with Crippen LogP contribution < -0.4 is 5.73 Å². The number of nitrogens with two attached hydrogens (primary N) is 1. The van der Waals surface area contributed by atoms with Crippen LogP contribution in [0.4, 0.5) is 0 Å². The summed E-state index contributed by atoms with van der Waals surface area (Å²) < 4.78 is 1.82. The van der Waals surface area contributed by atoms with Gasteiger partial charge >= 0.3 is 0 Å². The van der Waals surface area contributed by atoms with E-state index in [4.69, 9.17) is 5.73 Å². The van der Waals surface area contributed by atoms with Crippen LogP contribution in [0.5, 0.6) is 0 Å². The summed E-state index contributed by atoms with van der Waals surface area (Å²) in [5.41, 5.74) is 7.38. The Balaban J connectivity index is 1.85. The van der Waals surface area contributed by atoms with E-state index in [0.29, 0.717) is 0 Å². The van der Waals surface area contributed by atoms with Gasteiger partial charge in [0.1, 0.15) is 0 Å².